The van der Waals surface area contributed by atoms with Crippen LogP contribution in [0.25, 0.3) is 0 Å². The molecule has 1 aromatic rings. The highest BCUT2D eigenvalue weighted by Gasteiger charge is 2.35. The lowest BCUT2D eigenvalue weighted by Gasteiger charge is -2.42. The molecule has 112 valence electrons. The molecule has 0 radical (unpaired) electrons. The molecule has 0 heterocycles. The van der Waals surface area contributed by atoms with Crippen molar-refractivity contribution in [2.45, 2.75) is 65.3 Å². The summed E-state index contributed by atoms with van der Waals surface area (Å²) in [6.45, 7) is 12.8. The van der Waals surface area contributed by atoms with E-state index >= 15 is 0 Å². The lowest BCUT2D eigenvalue weighted by Crippen LogP contribution is -2.42. The summed E-state index contributed by atoms with van der Waals surface area (Å²) in [6.07, 6.45) is 4.01. The summed E-state index contributed by atoms with van der Waals surface area (Å²) in [5.41, 5.74) is 2.23. The minimum atomic E-state index is 0.216. The molecule has 0 amide bonds. The Morgan fingerprint density at radius 2 is 1.80 bits per heavy atom. The van der Waals surface area contributed by atoms with Crippen LogP contribution in [-0.4, -0.2) is 12.1 Å². The second-order valence-electron chi connectivity index (χ2n) is 8.32. The maximum atomic E-state index is 3.72. The van der Waals surface area contributed by atoms with Gasteiger partial charge in [0.1, 0.15) is 0 Å². The van der Waals surface area contributed by atoms with Crippen molar-refractivity contribution in [2.75, 3.05) is 6.54 Å². The molecule has 0 bridgehead atoms. The predicted octanol–water partition coefficient (Wildman–Crippen LogP) is 4.98. The third-order valence-electron chi connectivity index (χ3n) is 4.66. The fraction of sp³-hybridized carbons (Fsp3) is 0.684. The SMILES string of the molecule is CC1(C)CCC(CNC(C)(C)C)C(c2ccccc2)C1. The molecule has 0 spiro atoms. The highest BCUT2D eigenvalue weighted by molar-refractivity contribution is 5.21. The molecule has 2 rings (SSSR count). The standard InChI is InChI=1S/C19H31N/c1-18(2,3)20-14-16-11-12-19(4,5)13-17(16)15-9-7-6-8-10-15/h6-10,16-17,20H,11-14H2,1-5H3. The Kier molecular flexibility index (Phi) is 4.59. The highest BCUT2D eigenvalue weighted by Crippen LogP contribution is 2.46. The first-order valence-corrected chi connectivity index (χ1v) is 8.07. The topological polar surface area (TPSA) is 12.0 Å². The minimum absolute atomic E-state index is 0.216. The van der Waals surface area contributed by atoms with Gasteiger partial charge < -0.3 is 5.32 Å². The van der Waals surface area contributed by atoms with E-state index < -0.39 is 0 Å². The van der Waals surface area contributed by atoms with Crippen LogP contribution in [0.1, 0.15) is 65.4 Å². The largest absolute Gasteiger partial charge is 0.312 e. The van der Waals surface area contributed by atoms with Crippen molar-refractivity contribution in [3.05, 3.63) is 35.9 Å². The summed E-state index contributed by atoms with van der Waals surface area (Å²) >= 11 is 0. The van der Waals surface area contributed by atoms with Gasteiger partial charge in [-0.3, -0.25) is 0 Å². The molecule has 0 saturated heterocycles. The first-order valence-electron chi connectivity index (χ1n) is 8.07. The summed E-state index contributed by atoms with van der Waals surface area (Å²) in [4.78, 5) is 0. The maximum Gasteiger partial charge on any atom is 0.00966 e. The average Bonchev–Trinajstić information content (AvgIpc) is 2.36. The number of rotatable bonds is 3. The molecule has 1 N–H and O–H groups in total. The molecule has 20 heavy (non-hydrogen) atoms. The normalized spacial score (nSPS) is 26.4. The van der Waals surface area contributed by atoms with Crippen molar-refractivity contribution in [2.24, 2.45) is 11.3 Å². The van der Waals surface area contributed by atoms with Crippen molar-refractivity contribution in [1.29, 1.82) is 0 Å². The summed E-state index contributed by atoms with van der Waals surface area (Å²) in [6, 6.07) is 11.1. The van der Waals surface area contributed by atoms with Crippen molar-refractivity contribution in [3.8, 4) is 0 Å². The van der Waals surface area contributed by atoms with Gasteiger partial charge in [0.05, 0.1) is 0 Å². The van der Waals surface area contributed by atoms with Crippen molar-refractivity contribution < 1.29 is 0 Å². The number of benzene rings is 1. The highest BCUT2D eigenvalue weighted by atomic mass is 14.9. The Bertz CT molecular complexity index is 413. The van der Waals surface area contributed by atoms with Gasteiger partial charge in [0.25, 0.3) is 0 Å². The summed E-state index contributed by atoms with van der Waals surface area (Å²) in [5.74, 6) is 1.47. The quantitative estimate of drug-likeness (QED) is 0.818. The third-order valence-corrected chi connectivity index (χ3v) is 4.66. The Morgan fingerprint density at radius 3 is 2.40 bits per heavy atom. The molecule has 0 aliphatic heterocycles. The van der Waals surface area contributed by atoms with Crippen LogP contribution in [0.4, 0.5) is 0 Å². The summed E-state index contributed by atoms with van der Waals surface area (Å²) in [5, 5.41) is 3.72. The first-order chi connectivity index (χ1) is 9.27. The Hall–Kier alpha value is -0.820. The molecule has 1 nitrogen and oxygen atoms in total. The molecule has 1 aromatic carbocycles. The number of hydrogen-bond donors (Lipinski definition) is 1. The van der Waals surface area contributed by atoms with E-state index in [4.69, 9.17) is 0 Å². The van der Waals surface area contributed by atoms with E-state index in [1.807, 2.05) is 0 Å². The van der Waals surface area contributed by atoms with E-state index in [0.29, 0.717) is 11.3 Å². The van der Waals surface area contributed by atoms with Gasteiger partial charge in [0, 0.05) is 5.54 Å². The zero-order valence-electron chi connectivity index (χ0n) is 13.9. The lowest BCUT2D eigenvalue weighted by atomic mass is 9.65. The van der Waals surface area contributed by atoms with Crippen LogP contribution < -0.4 is 5.32 Å². The molecule has 1 fully saturated rings. The molecule has 1 saturated carbocycles. The second-order valence-corrected chi connectivity index (χ2v) is 8.32. The van der Waals surface area contributed by atoms with E-state index in [9.17, 15) is 0 Å². The smallest absolute Gasteiger partial charge is 0.00966 e. The average molecular weight is 273 g/mol. The van der Waals surface area contributed by atoms with Crippen LogP contribution >= 0.6 is 0 Å². The van der Waals surface area contributed by atoms with Gasteiger partial charge in [0.15, 0.2) is 0 Å². The first kappa shape index (κ1) is 15.6. The maximum absolute atomic E-state index is 3.72. The van der Waals surface area contributed by atoms with Gasteiger partial charge in [-0.1, -0.05) is 44.2 Å². The lowest BCUT2D eigenvalue weighted by molar-refractivity contribution is 0.154. The zero-order valence-corrected chi connectivity index (χ0v) is 13.9. The van der Waals surface area contributed by atoms with Gasteiger partial charge in [-0.15, -0.1) is 0 Å². The van der Waals surface area contributed by atoms with Gasteiger partial charge in [-0.05, 0) is 69.4 Å². The van der Waals surface area contributed by atoms with Gasteiger partial charge in [0.2, 0.25) is 0 Å². The van der Waals surface area contributed by atoms with E-state index in [1.54, 1.807) is 0 Å². The van der Waals surface area contributed by atoms with Gasteiger partial charge in [-0.2, -0.15) is 0 Å². The Morgan fingerprint density at radius 1 is 1.15 bits per heavy atom. The zero-order chi connectivity index (χ0) is 14.8. The van der Waals surface area contributed by atoms with Crippen LogP contribution in [0.5, 0.6) is 0 Å². The number of nitrogens with one attached hydrogen (secondary N) is 1. The molecule has 0 aromatic heterocycles. The van der Waals surface area contributed by atoms with Crippen LogP contribution in [0.15, 0.2) is 30.3 Å². The fourth-order valence-corrected chi connectivity index (χ4v) is 3.41. The molecule has 1 heteroatoms. The van der Waals surface area contributed by atoms with Crippen molar-refractivity contribution in [1.82, 2.24) is 5.32 Å². The number of hydrogen-bond acceptors (Lipinski definition) is 1. The third kappa shape index (κ3) is 4.34. The van der Waals surface area contributed by atoms with Crippen molar-refractivity contribution >= 4 is 0 Å². The minimum Gasteiger partial charge on any atom is -0.312 e. The Balaban J connectivity index is 2.12. The molecule has 2 atom stereocenters. The monoisotopic (exact) mass is 273 g/mol. The van der Waals surface area contributed by atoms with E-state index in [-0.39, 0.29) is 5.54 Å². The summed E-state index contributed by atoms with van der Waals surface area (Å²) < 4.78 is 0. The summed E-state index contributed by atoms with van der Waals surface area (Å²) in [7, 11) is 0. The molecule has 1 aliphatic carbocycles. The fourth-order valence-electron chi connectivity index (χ4n) is 3.41. The van der Waals surface area contributed by atoms with E-state index in [0.717, 1.165) is 12.5 Å². The van der Waals surface area contributed by atoms with Gasteiger partial charge >= 0.3 is 0 Å². The molecular weight excluding hydrogens is 242 g/mol. The van der Waals surface area contributed by atoms with E-state index in [1.165, 1.54) is 24.8 Å². The van der Waals surface area contributed by atoms with Gasteiger partial charge in [-0.25, -0.2) is 0 Å². The van der Waals surface area contributed by atoms with Crippen LogP contribution in [0.3, 0.4) is 0 Å². The van der Waals surface area contributed by atoms with Crippen molar-refractivity contribution in [3.63, 3.8) is 0 Å². The second kappa shape index (κ2) is 5.89. The Labute approximate surface area is 125 Å². The van der Waals surface area contributed by atoms with Crippen LogP contribution in [-0.2, 0) is 0 Å². The van der Waals surface area contributed by atoms with Crippen LogP contribution in [0, 0.1) is 11.3 Å². The molecule has 2 unspecified atom stereocenters. The molecular formula is C19H31N. The van der Waals surface area contributed by atoms with Crippen LogP contribution in [0.2, 0.25) is 0 Å². The molecule has 1 aliphatic rings. The van der Waals surface area contributed by atoms with E-state index in [2.05, 4.69) is 70.3 Å². The predicted molar refractivity (Wildman–Crippen MR) is 88.1 cm³/mol.